The lowest BCUT2D eigenvalue weighted by molar-refractivity contribution is 0.107. The van der Waals surface area contributed by atoms with Crippen molar-refractivity contribution < 1.29 is 10.2 Å². The van der Waals surface area contributed by atoms with Crippen LogP contribution in [0.3, 0.4) is 0 Å². The van der Waals surface area contributed by atoms with E-state index in [9.17, 15) is 10.2 Å². The number of aliphatic hydroxyl groups excluding tert-OH is 1. The standard InChI is InChI=1S/C17H27NO2/c1-13(2-3-14-4-8-16(19)9-5-14)18-12-15-6-10-17(20)11-7-15/h4-5,8-9,13,15,17-20H,2-3,6-7,10-12H2,1H3. The Morgan fingerprint density at radius 3 is 2.45 bits per heavy atom. The van der Waals surface area contributed by atoms with Crippen LogP contribution in [0.15, 0.2) is 24.3 Å². The summed E-state index contributed by atoms with van der Waals surface area (Å²) in [6.45, 7) is 3.31. The Morgan fingerprint density at radius 1 is 1.15 bits per heavy atom. The SMILES string of the molecule is CC(CCc1ccc(O)cc1)NCC1CCC(O)CC1. The Morgan fingerprint density at radius 2 is 1.80 bits per heavy atom. The third-order valence-corrected chi connectivity index (χ3v) is 4.37. The van der Waals surface area contributed by atoms with E-state index in [4.69, 9.17) is 0 Å². The van der Waals surface area contributed by atoms with Gasteiger partial charge in [0.2, 0.25) is 0 Å². The second-order valence-corrected chi connectivity index (χ2v) is 6.19. The van der Waals surface area contributed by atoms with E-state index in [2.05, 4.69) is 12.2 Å². The summed E-state index contributed by atoms with van der Waals surface area (Å²) in [6.07, 6.45) is 6.33. The molecule has 2 rings (SSSR count). The second kappa shape index (κ2) is 7.65. The Kier molecular flexibility index (Phi) is 5.86. The van der Waals surface area contributed by atoms with Gasteiger partial charge >= 0.3 is 0 Å². The maximum absolute atomic E-state index is 9.50. The summed E-state index contributed by atoms with van der Waals surface area (Å²) in [7, 11) is 0. The van der Waals surface area contributed by atoms with E-state index in [0.717, 1.165) is 51.0 Å². The molecule has 1 unspecified atom stereocenters. The molecule has 0 aromatic heterocycles. The molecule has 1 aromatic carbocycles. The molecule has 0 spiro atoms. The zero-order chi connectivity index (χ0) is 14.4. The number of aryl methyl sites for hydroxylation is 1. The normalized spacial score (nSPS) is 24.5. The van der Waals surface area contributed by atoms with Crippen molar-refractivity contribution in [2.45, 2.75) is 57.6 Å². The first-order valence-corrected chi connectivity index (χ1v) is 7.83. The minimum absolute atomic E-state index is 0.0573. The van der Waals surface area contributed by atoms with Crippen molar-refractivity contribution in [3.05, 3.63) is 29.8 Å². The van der Waals surface area contributed by atoms with Crippen LogP contribution in [0.1, 0.15) is 44.6 Å². The molecule has 1 saturated carbocycles. The van der Waals surface area contributed by atoms with Gasteiger partial charge in [-0.3, -0.25) is 0 Å². The summed E-state index contributed by atoms with van der Waals surface area (Å²) >= 11 is 0. The van der Waals surface area contributed by atoms with E-state index in [-0.39, 0.29) is 6.10 Å². The molecule has 0 amide bonds. The number of rotatable bonds is 6. The quantitative estimate of drug-likeness (QED) is 0.749. The van der Waals surface area contributed by atoms with Crippen LogP contribution in [0.2, 0.25) is 0 Å². The molecule has 3 N–H and O–H groups in total. The number of benzene rings is 1. The van der Waals surface area contributed by atoms with Gasteiger partial charge in [-0.15, -0.1) is 0 Å². The van der Waals surface area contributed by atoms with Crippen LogP contribution in [-0.2, 0) is 6.42 Å². The molecular formula is C17H27NO2. The van der Waals surface area contributed by atoms with Crippen molar-refractivity contribution in [3.63, 3.8) is 0 Å². The average molecular weight is 277 g/mol. The predicted octanol–water partition coefficient (Wildman–Crippen LogP) is 2.85. The van der Waals surface area contributed by atoms with Gasteiger partial charge in [0.1, 0.15) is 5.75 Å². The Bertz CT molecular complexity index is 382. The third-order valence-electron chi connectivity index (χ3n) is 4.37. The minimum atomic E-state index is -0.0573. The molecule has 112 valence electrons. The molecule has 1 atom stereocenters. The maximum atomic E-state index is 9.50. The first-order valence-electron chi connectivity index (χ1n) is 7.83. The summed E-state index contributed by atoms with van der Waals surface area (Å²) in [5.41, 5.74) is 1.28. The topological polar surface area (TPSA) is 52.5 Å². The van der Waals surface area contributed by atoms with E-state index in [1.54, 1.807) is 12.1 Å². The van der Waals surface area contributed by atoms with Crippen molar-refractivity contribution in [3.8, 4) is 5.75 Å². The molecule has 1 aliphatic rings. The van der Waals surface area contributed by atoms with E-state index >= 15 is 0 Å². The van der Waals surface area contributed by atoms with Crippen LogP contribution in [0.5, 0.6) is 5.75 Å². The van der Waals surface area contributed by atoms with E-state index in [1.807, 2.05) is 12.1 Å². The van der Waals surface area contributed by atoms with Crippen molar-refractivity contribution in [1.82, 2.24) is 5.32 Å². The van der Waals surface area contributed by atoms with E-state index < -0.39 is 0 Å². The molecule has 20 heavy (non-hydrogen) atoms. The Labute approximate surface area is 122 Å². The highest BCUT2D eigenvalue weighted by Gasteiger charge is 2.19. The van der Waals surface area contributed by atoms with Crippen LogP contribution in [0.4, 0.5) is 0 Å². The summed E-state index contributed by atoms with van der Waals surface area (Å²) in [4.78, 5) is 0. The van der Waals surface area contributed by atoms with Crippen LogP contribution in [0, 0.1) is 5.92 Å². The molecule has 1 aliphatic carbocycles. The Hall–Kier alpha value is -1.06. The monoisotopic (exact) mass is 277 g/mol. The zero-order valence-electron chi connectivity index (χ0n) is 12.4. The van der Waals surface area contributed by atoms with Crippen LogP contribution < -0.4 is 5.32 Å². The molecule has 0 radical (unpaired) electrons. The number of nitrogens with one attached hydrogen (secondary N) is 1. The molecule has 1 aromatic rings. The lowest BCUT2D eigenvalue weighted by atomic mass is 9.87. The number of aromatic hydroxyl groups is 1. The van der Waals surface area contributed by atoms with Gasteiger partial charge in [0, 0.05) is 6.04 Å². The second-order valence-electron chi connectivity index (χ2n) is 6.19. The molecular weight excluding hydrogens is 250 g/mol. The van der Waals surface area contributed by atoms with Gasteiger partial charge in [0.15, 0.2) is 0 Å². The van der Waals surface area contributed by atoms with E-state index in [1.165, 1.54) is 5.56 Å². The molecule has 0 bridgehead atoms. The lowest BCUT2D eigenvalue weighted by Gasteiger charge is -2.27. The van der Waals surface area contributed by atoms with Gasteiger partial charge in [0.05, 0.1) is 6.10 Å². The number of phenols is 1. The number of hydrogen-bond acceptors (Lipinski definition) is 3. The molecule has 3 nitrogen and oxygen atoms in total. The lowest BCUT2D eigenvalue weighted by Crippen LogP contribution is -2.33. The molecule has 0 heterocycles. The van der Waals surface area contributed by atoms with E-state index in [0.29, 0.717) is 11.8 Å². The average Bonchev–Trinajstić information content (AvgIpc) is 2.46. The largest absolute Gasteiger partial charge is 0.508 e. The van der Waals surface area contributed by atoms with Gasteiger partial charge in [0.25, 0.3) is 0 Å². The van der Waals surface area contributed by atoms with Gasteiger partial charge in [-0.2, -0.15) is 0 Å². The Balaban J connectivity index is 1.62. The van der Waals surface area contributed by atoms with Crippen molar-refractivity contribution in [2.75, 3.05) is 6.54 Å². The molecule has 3 heteroatoms. The van der Waals surface area contributed by atoms with Crippen molar-refractivity contribution in [2.24, 2.45) is 5.92 Å². The third kappa shape index (κ3) is 5.14. The van der Waals surface area contributed by atoms with Gasteiger partial charge in [-0.1, -0.05) is 12.1 Å². The smallest absolute Gasteiger partial charge is 0.115 e. The first kappa shape index (κ1) is 15.3. The molecule has 1 fully saturated rings. The van der Waals surface area contributed by atoms with Crippen molar-refractivity contribution >= 4 is 0 Å². The first-order chi connectivity index (χ1) is 9.63. The molecule has 0 aliphatic heterocycles. The minimum Gasteiger partial charge on any atom is -0.508 e. The van der Waals surface area contributed by atoms with Gasteiger partial charge < -0.3 is 15.5 Å². The molecule has 0 saturated heterocycles. The highest BCUT2D eigenvalue weighted by atomic mass is 16.3. The predicted molar refractivity (Wildman–Crippen MR) is 81.9 cm³/mol. The van der Waals surface area contributed by atoms with Crippen LogP contribution >= 0.6 is 0 Å². The fraction of sp³-hybridized carbons (Fsp3) is 0.647. The summed E-state index contributed by atoms with van der Waals surface area (Å²) in [5.74, 6) is 1.06. The van der Waals surface area contributed by atoms with Gasteiger partial charge in [-0.05, 0) is 75.6 Å². The van der Waals surface area contributed by atoms with Crippen molar-refractivity contribution in [1.29, 1.82) is 0 Å². The van der Waals surface area contributed by atoms with Crippen LogP contribution in [0.25, 0.3) is 0 Å². The number of aliphatic hydroxyl groups is 1. The summed E-state index contributed by atoms with van der Waals surface area (Å²) in [5, 5.41) is 22.4. The fourth-order valence-electron chi connectivity index (χ4n) is 2.86. The fourth-order valence-corrected chi connectivity index (χ4v) is 2.86. The maximum Gasteiger partial charge on any atom is 0.115 e. The number of phenolic OH excluding ortho intramolecular Hbond substituents is 1. The number of hydrogen-bond donors (Lipinski definition) is 3. The van der Waals surface area contributed by atoms with Gasteiger partial charge in [-0.25, -0.2) is 0 Å². The highest BCUT2D eigenvalue weighted by molar-refractivity contribution is 5.25. The zero-order valence-corrected chi connectivity index (χ0v) is 12.4. The van der Waals surface area contributed by atoms with Crippen LogP contribution in [-0.4, -0.2) is 28.9 Å². The summed E-state index contributed by atoms with van der Waals surface area (Å²) < 4.78 is 0. The highest BCUT2D eigenvalue weighted by Crippen LogP contribution is 2.23. The summed E-state index contributed by atoms with van der Waals surface area (Å²) in [6, 6.07) is 7.99.